The summed E-state index contributed by atoms with van der Waals surface area (Å²) in [5, 5.41) is 11.5. The molecule has 0 amide bonds. The molecule has 2 fully saturated rings. The molecule has 1 aromatic rings. The van der Waals surface area contributed by atoms with Crippen molar-refractivity contribution in [1.29, 1.82) is 0 Å². The van der Waals surface area contributed by atoms with Crippen molar-refractivity contribution in [2.75, 3.05) is 18.0 Å². The molecule has 1 saturated heterocycles. The largest absolute Gasteiger partial charge is 0.411 e. The number of oxime groups is 1. The van der Waals surface area contributed by atoms with Crippen LogP contribution in [0.4, 0.5) is 14.5 Å². The molecule has 2 aliphatic rings. The van der Waals surface area contributed by atoms with E-state index in [4.69, 9.17) is 5.21 Å². The lowest BCUT2D eigenvalue weighted by Gasteiger charge is -2.21. The third-order valence-electron chi connectivity index (χ3n) is 3.77. The smallest absolute Gasteiger partial charge is 0.160 e. The van der Waals surface area contributed by atoms with Crippen LogP contribution in [0.3, 0.4) is 0 Å². The predicted molar refractivity (Wildman–Crippen MR) is 59.3 cm³/mol. The lowest BCUT2D eigenvalue weighted by Crippen LogP contribution is -2.24. The van der Waals surface area contributed by atoms with Gasteiger partial charge in [-0.1, -0.05) is 0 Å². The van der Waals surface area contributed by atoms with Crippen LogP contribution in [0.1, 0.15) is 0 Å². The van der Waals surface area contributed by atoms with Crippen molar-refractivity contribution in [2.24, 2.45) is 22.9 Å². The Bertz CT molecular complexity index is 466. The highest BCUT2D eigenvalue weighted by molar-refractivity contribution is 5.67. The van der Waals surface area contributed by atoms with Crippen LogP contribution in [0.15, 0.2) is 23.4 Å². The molecule has 17 heavy (non-hydrogen) atoms. The van der Waals surface area contributed by atoms with Gasteiger partial charge in [0.15, 0.2) is 11.6 Å². The Balaban J connectivity index is 1.71. The van der Waals surface area contributed by atoms with E-state index in [1.165, 1.54) is 6.07 Å². The molecule has 0 unspecified atom stereocenters. The Kier molecular flexibility index (Phi) is 2.28. The van der Waals surface area contributed by atoms with Crippen LogP contribution in [0.2, 0.25) is 0 Å². The molecular weight excluding hydrogens is 226 g/mol. The SMILES string of the molecule is O/N=C/[C@@H]1[C@H]2CN(c3ccc(F)c(F)c3)C[C@@H]12. The summed E-state index contributed by atoms with van der Waals surface area (Å²) in [5.41, 5.74) is 0.718. The first-order chi connectivity index (χ1) is 8.20. The van der Waals surface area contributed by atoms with E-state index in [2.05, 4.69) is 5.16 Å². The quantitative estimate of drug-likeness (QED) is 0.486. The molecule has 0 bridgehead atoms. The van der Waals surface area contributed by atoms with E-state index >= 15 is 0 Å². The highest BCUT2D eigenvalue weighted by Crippen LogP contribution is 2.51. The van der Waals surface area contributed by atoms with E-state index in [0.717, 1.165) is 24.8 Å². The number of benzene rings is 1. The summed E-state index contributed by atoms with van der Waals surface area (Å²) < 4.78 is 25.9. The Hall–Kier alpha value is -1.65. The maximum atomic E-state index is 13.1. The van der Waals surface area contributed by atoms with Crippen LogP contribution < -0.4 is 4.90 Å². The average Bonchev–Trinajstić information content (AvgIpc) is 2.77. The predicted octanol–water partition coefficient (Wildman–Crippen LogP) is 2.11. The van der Waals surface area contributed by atoms with Crippen molar-refractivity contribution >= 4 is 11.9 Å². The minimum atomic E-state index is -0.816. The van der Waals surface area contributed by atoms with Gasteiger partial charge in [0, 0.05) is 37.0 Å². The molecular formula is C12H12F2N2O. The van der Waals surface area contributed by atoms with Crippen LogP contribution in [0, 0.1) is 29.4 Å². The van der Waals surface area contributed by atoms with E-state index < -0.39 is 11.6 Å². The van der Waals surface area contributed by atoms with Gasteiger partial charge in [-0.2, -0.15) is 0 Å². The van der Waals surface area contributed by atoms with E-state index in [-0.39, 0.29) is 0 Å². The number of halogens is 2. The van der Waals surface area contributed by atoms with Crippen molar-refractivity contribution in [3.05, 3.63) is 29.8 Å². The van der Waals surface area contributed by atoms with Crippen LogP contribution >= 0.6 is 0 Å². The van der Waals surface area contributed by atoms with E-state index in [1.807, 2.05) is 4.90 Å². The third-order valence-corrected chi connectivity index (χ3v) is 3.77. The molecule has 5 heteroatoms. The average molecular weight is 238 g/mol. The van der Waals surface area contributed by atoms with Gasteiger partial charge in [0.1, 0.15) is 0 Å². The molecule has 0 aromatic heterocycles. The number of rotatable bonds is 2. The molecule has 90 valence electrons. The monoisotopic (exact) mass is 238 g/mol. The van der Waals surface area contributed by atoms with Gasteiger partial charge < -0.3 is 10.1 Å². The van der Waals surface area contributed by atoms with Gasteiger partial charge in [-0.25, -0.2) is 8.78 Å². The number of fused-ring (bicyclic) bond motifs is 1. The first-order valence-electron chi connectivity index (χ1n) is 5.58. The van der Waals surface area contributed by atoms with Gasteiger partial charge >= 0.3 is 0 Å². The summed E-state index contributed by atoms with van der Waals surface area (Å²) in [6.07, 6.45) is 1.57. The Labute approximate surface area is 97.3 Å². The number of hydrogen-bond donors (Lipinski definition) is 1. The van der Waals surface area contributed by atoms with Gasteiger partial charge in [0.05, 0.1) is 0 Å². The summed E-state index contributed by atoms with van der Waals surface area (Å²) in [6.45, 7) is 1.62. The number of anilines is 1. The molecule has 3 atom stereocenters. The van der Waals surface area contributed by atoms with Gasteiger partial charge in [0.2, 0.25) is 0 Å². The maximum Gasteiger partial charge on any atom is 0.160 e. The summed E-state index contributed by atoms with van der Waals surface area (Å²) >= 11 is 0. The molecule has 0 spiro atoms. The lowest BCUT2D eigenvalue weighted by atomic mass is 10.2. The standard InChI is InChI=1S/C12H12F2N2O/c13-11-2-1-7(3-12(11)14)16-5-9-8(4-15-17)10(9)6-16/h1-4,8-10,17H,5-6H2/b15-4+/t8-,9-,10+. The summed E-state index contributed by atoms with van der Waals surface area (Å²) in [4.78, 5) is 2.04. The highest BCUT2D eigenvalue weighted by atomic mass is 19.2. The molecule has 1 aromatic carbocycles. The second kappa shape index (κ2) is 3.68. The zero-order chi connectivity index (χ0) is 12.0. The van der Waals surface area contributed by atoms with Gasteiger partial charge in [0.25, 0.3) is 0 Å². The summed E-state index contributed by atoms with van der Waals surface area (Å²) in [6, 6.07) is 3.98. The molecule has 0 radical (unpaired) electrons. The van der Waals surface area contributed by atoms with Crippen molar-refractivity contribution in [1.82, 2.24) is 0 Å². The zero-order valence-electron chi connectivity index (χ0n) is 9.05. The van der Waals surface area contributed by atoms with Crippen molar-refractivity contribution in [3.8, 4) is 0 Å². The van der Waals surface area contributed by atoms with Crippen molar-refractivity contribution < 1.29 is 14.0 Å². The van der Waals surface area contributed by atoms with Gasteiger partial charge in [-0.15, -0.1) is 5.16 Å². The maximum absolute atomic E-state index is 13.1. The molecule has 3 nitrogen and oxygen atoms in total. The van der Waals surface area contributed by atoms with Crippen molar-refractivity contribution in [2.45, 2.75) is 0 Å². The van der Waals surface area contributed by atoms with Gasteiger partial charge in [-0.05, 0) is 24.0 Å². The molecule has 1 aliphatic heterocycles. The lowest BCUT2D eigenvalue weighted by molar-refractivity contribution is 0.319. The normalized spacial score (nSPS) is 30.9. The van der Waals surface area contributed by atoms with Crippen LogP contribution in [-0.2, 0) is 0 Å². The van der Waals surface area contributed by atoms with Gasteiger partial charge in [-0.3, -0.25) is 0 Å². The fourth-order valence-electron chi connectivity index (χ4n) is 2.76. The Morgan fingerprint density at radius 2 is 1.94 bits per heavy atom. The van der Waals surface area contributed by atoms with E-state index in [0.29, 0.717) is 17.8 Å². The third kappa shape index (κ3) is 1.66. The summed E-state index contributed by atoms with van der Waals surface area (Å²) in [5.74, 6) is -0.306. The van der Waals surface area contributed by atoms with Crippen LogP contribution in [0.5, 0.6) is 0 Å². The topological polar surface area (TPSA) is 35.8 Å². The van der Waals surface area contributed by atoms with E-state index in [9.17, 15) is 8.78 Å². The Morgan fingerprint density at radius 1 is 1.24 bits per heavy atom. The Morgan fingerprint density at radius 3 is 2.53 bits per heavy atom. The van der Waals surface area contributed by atoms with Crippen LogP contribution in [-0.4, -0.2) is 24.5 Å². The second-order valence-corrected chi connectivity index (χ2v) is 4.67. The fourth-order valence-corrected chi connectivity index (χ4v) is 2.76. The number of nitrogens with zero attached hydrogens (tertiary/aromatic N) is 2. The number of hydrogen-bond acceptors (Lipinski definition) is 3. The summed E-state index contributed by atoms with van der Waals surface area (Å²) in [7, 11) is 0. The van der Waals surface area contributed by atoms with E-state index in [1.54, 1.807) is 12.3 Å². The first-order valence-corrected chi connectivity index (χ1v) is 5.58. The molecule has 1 aliphatic carbocycles. The van der Waals surface area contributed by atoms with Crippen molar-refractivity contribution in [3.63, 3.8) is 0 Å². The second-order valence-electron chi connectivity index (χ2n) is 4.67. The zero-order valence-corrected chi connectivity index (χ0v) is 9.05. The molecule has 1 saturated carbocycles. The molecule has 3 rings (SSSR count). The molecule has 1 heterocycles. The molecule has 1 N–H and O–H groups in total. The fraction of sp³-hybridized carbons (Fsp3) is 0.417. The first kappa shape index (κ1) is 10.5. The minimum absolute atomic E-state index is 0.349. The minimum Gasteiger partial charge on any atom is -0.411 e. The number of piperidine rings is 1. The highest BCUT2D eigenvalue weighted by Gasteiger charge is 2.55. The van der Waals surface area contributed by atoms with Crippen LogP contribution in [0.25, 0.3) is 0 Å².